The first kappa shape index (κ1) is 31.9. The van der Waals surface area contributed by atoms with Crippen molar-refractivity contribution in [3.05, 3.63) is 17.1 Å². The molecule has 7 nitrogen and oxygen atoms in total. The van der Waals surface area contributed by atoms with Crippen molar-refractivity contribution in [2.75, 3.05) is 19.8 Å². The molecule has 1 unspecified atom stereocenters. The fraction of sp³-hybridized carbons (Fsp3) is 0.889. The van der Waals surface area contributed by atoms with Crippen LogP contribution in [-0.4, -0.2) is 37.1 Å². The molecule has 1 aliphatic rings. The summed E-state index contributed by atoms with van der Waals surface area (Å²) >= 11 is 1.61. The number of unbranched alkanes of at least 4 members (excludes halogenated alkanes) is 14. The summed E-state index contributed by atoms with van der Waals surface area (Å²) in [5.74, 6) is 0. The SMILES string of the molecule is CCCCCCCCCCCCCCCCC[C@@H]1OC[C@@H](COP(=O)(O)OCCC[n+]2ccsc2)O1. The molecular formula is C27H51NO6PS+. The Hall–Kier alpha value is -0.340. The minimum Gasteiger partial charge on any atom is -0.350 e. The molecule has 0 bridgehead atoms. The van der Waals surface area contributed by atoms with Gasteiger partial charge in [0.2, 0.25) is 5.51 Å². The first-order valence-electron chi connectivity index (χ1n) is 14.4. The number of hydrogen-bond donors (Lipinski definition) is 1. The van der Waals surface area contributed by atoms with E-state index in [1.165, 1.54) is 89.9 Å². The maximum absolute atomic E-state index is 12.1. The van der Waals surface area contributed by atoms with E-state index in [2.05, 4.69) is 6.92 Å². The van der Waals surface area contributed by atoms with Crippen molar-refractivity contribution >= 4 is 19.2 Å². The van der Waals surface area contributed by atoms with Gasteiger partial charge in [-0.15, -0.1) is 0 Å². The van der Waals surface area contributed by atoms with Crippen LogP contribution < -0.4 is 4.57 Å². The molecule has 0 amide bonds. The average Bonchev–Trinajstić information content (AvgIpc) is 3.55. The highest BCUT2D eigenvalue weighted by atomic mass is 32.1. The van der Waals surface area contributed by atoms with E-state index in [0.29, 0.717) is 13.0 Å². The zero-order valence-electron chi connectivity index (χ0n) is 22.5. The maximum Gasteiger partial charge on any atom is 0.472 e. The van der Waals surface area contributed by atoms with E-state index >= 15 is 0 Å². The van der Waals surface area contributed by atoms with Crippen LogP contribution in [0.5, 0.6) is 0 Å². The number of rotatable bonds is 24. The van der Waals surface area contributed by atoms with Gasteiger partial charge in [-0.3, -0.25) is 9.05 Å². The van der Waals surface area contributed by atoms with E-state index in [0.717, 1.165) is 19.4 Å². The summed E-state index contributed by atoms with van der Waals surface area (Å²) in [5, 5.41) is 1.98. The summed E-state index contributed by atoms with van der Waals surface area (Å²) in [6.45, 7) is 3.57. The van der Waals surface area contributed by atoms with Gasteiger partial charge in [0.25, 0.3) is 0 Å². The molecule has 2 heterocycles. The van der Waals surface area contributed by atoms with E-state index in [1.54, 1.807) is 11.3 Å². The smallest absolute Gasteiger partial charge is 0.350 e. The second kappa shape index (κ2) is 20.6. The van der Waals surface area contributed by atoms with Crippen LogP contribution in [0.1, 0.15) is 116 Å². The van der Waals surface area contributed by atoms with Crippen molar-refractivity contribution in [3.63, 3.8) is 0 Å². The number of hydrogen-bond acceptors (Lipinski definition) is 6. The fourth-order valence-electron chi connectivity index (χ4n) is 4.46. The van der Waals surface area contributed by atoms with Crippen LogP contribution in [0.2, 0.25) is 0 Å². The van der Waals surface area contributed by atoms with Crippen LogP contribution in [0.3, 0.4) is 0 Å². The van der Waals surface area contributed by atoms with Crippen LogP contribution in [-0.2, 0) is 29.6 Å². The Labute approximate surface area is 223 Å². The average molecular weight is 549 g/mol. The van der Waals surface area contributed by atoms with Gasteiger partial charge in [-0.2, -0.15) is 4.57 Å². The molecule has 1 aliphatic heterocycles. The molecule has 1 N–H and O–H groups in total. The number of phosphoric ester groups is 1. The van der Waals surface area contributed by atoms with Crippen molar-refractivity contribution in [1.82, 2.24) is 0 Å². The molecule has 0 saturated carbocycles. The number of aromatic nitrogens is 1. The Morgan fingerprint density at radius 1 is 0.917 bits per heavy atom. The Balaban J connectivity index is 1.35. The largest absolute Gasteiger partial charge is 0.472 e. The van der Waals surface area contributed by atoms with E-state index in [9.17, 15) is 9.46 Å². The van der Waals surface area contributed by atoms with Crippen LogP contribution in [0.4, 0.5) is 0 Å². The Morgan fingerprint density at radius 2 is 1.53 bits per heavy atom. The second-order valence-corrected chi connectivity index (χ2v) is 12.2. The molecule has 1 saturated heterocycles. The summed E-state index contributed by atoms with van der Waals surface area (Å²) in [4.78, 5) is 9.86. The number of nitrogens with zero attached hydrogens (tertiary/aromatic N) is 1. The first-order valence-corrected chi connectivity index (χ1v) is 16.8. The molecule has 0 aliphatic carbocycles. The zero-order valence-corrected chi connectivity index (χ0v) is 24.2. The molecule has 1 fully saturated rings. The third-order valence-corrected chi connectivity index (χ3v) is 8.28. The third-order valence-electron chi connectivity index (χ3n) is 6.62. The molecule has 1 aromatic rings. The van der Waals surface area contributed by atoms with Crippen molar-refractivity contribution in [2.45, 2.75) is 135 Å². The molecule has 3 atom stereocenters. The van der Waals surface area contributed by atoms with Crippen molar-refractivity contribution in [3.8, 4) is 0 Å². The molecule has 9 heteroatoms. The highest BCUT2D eigenvalue weighted by Gasteiger charge is 2.29. The van der Waals surface area contributed by atoms with E-state index < -0.39 is 7.82 Å². The standard InChI is InChI=1S/C27H50NO6PS/c1-2-3-4-5-6-7-8-9-10-11-12-13-14-15-16-18-27-31-23-26(34-27)24-33-35(29,30)32-21-17-19-28-20-22-36-25-28/h20,22,25-27H,2-19,21,23-24H2,1H3/p+1/t26-,27+/m0/s1. The lowest BCUT2D eigenvalue weighted by Crippen LogP contribution is -2.30. The lowest BCUT2D eigenvalue weighted by molar-refractivity contribution is -0.692. The molecule has 2 rings (SSSR count). The Bertz CT molecular complexity index is 677. The lowest BCUT2D eigenvalue weighted by atomic mass is 10.0. The normalized spacial score (nSPS) is 19.6. The van der Waals surface area contributed by atoms with Crippen molar-refractivity contribution in [1.29, 1.82) is 0 Å². The van der Waals surface area contributed by atoms with E-state index in [1.807, 2.05) is 21.7 Å². The van der Waals surface area contributed by atoms with Gasteiger partial charge < -0.3 is 14.4 Å². The zero-order chi connectivity index (χ0) is 25.7. The van der Waals surface area contributed by atoms with Crippen molar-refractivity contribution < 1.29 is 32.5 Å². The summed E-state index contributed by atoms with van der Waals surface area (Å²) in [6.07, 6.45) is 23.1. The number of ether oxygens (including phenoxy) is 2. The second-order valence-electron chi connectivity index (χ2n) is 9.97. The molecule has 0 radical (unpaired) electrons. The van der Waals surface area contributed by atoms with Crippen LogP contribution in [0, 0.1) is 0 Å². The third kappa shape index (κ3) is 16.5. The van der Waals surface area contributed by atoms with E-state index in [-0.39, 0.29) is 25.6 Å². The minimum absolute atomic E-state index is 0.00240. The summed E-state index contributed by atoms with van der Waals surface area (Å²) in [6, 6.07) is 0. The molecule has 210 valence electrons. The summed E-state index contributed by atoms with van der Waals surface area (Å²) in [7, 11) is -4.07. The summed E-state index contributed by atoms with van der Waals surface area (Å²) in [5.41, 5.74) is 1.99. The van der Waals surface area contributed by atoms with Gasteiger partial charge >= 0.3 is 7.82 Å². The number of aryl methyl sites for hydroxylation is 1. The lowest BCUT2D eigenvalue weighted by Gasteiger charge is -2.15. The van der Waals surface area contributed by atoms with Gasteiger partial charge in [-0.25, -0.2) is 4.57 Å². The molecule has 0 aromatic carbocycles. The highest BCUT2D eigenvalue weighted by molar-refractivity contribution is 7.47. The first-order chi connectivity index (χ1) is 17.6. The number of phosphoric acid groups is 1. The van der Waals surface area contributed by atoms with Crippen LogP contribution >= 0.6 is 19.2 Å². The van der Waals surface area contributed by atoms with Crippen LogP contribution in [0.25, 0.3) is 0 Å². The van der Waals surface area contributed by atoms with Gasteiger partial charge in [-0.1, -0.05) is 108 Å². The van der Waals surface area contributed by atoms with Gasteiger partial charge in [0.15, 0.2) is 19.0 Å². The van der Waals surface area contributed by atoms with Gasteiger partial charge in [0, 0.05) is 6.42 Å². The highest BCUT2D eigenvalue weighted by Crippen LogP contribution is 2.43. The predicted octanol–water partition coefficient (Wildman–Crippen LogP) is 7.56. The Kier molecular flexibility index (Phi) is 18.2. The van der Waals surface area contributed by atoms with Crippen LogP contribution in [0.15, 0.2) is 17.1 Å². The maximum atomic E-state index is 12.1. The van der Waals surface area contributed by atoms with Gasteiger partial charge in [-0.05, 0) is 12.8 Å². The Morgan fingerprint density at radius 3 is 2.11 bits per heavy atom. The minimum atomic E-state index is -4.07. The molecule has 36 heavy (non-hydrogen) atoms. The molecule has 1 aromatic heterocycles. The summed E-state index contributed by atoms with van der Waals surface area (Å²) < 4.78 is 35.7. The van der Waals surface area contributed by atoms with Gasteiger partial charge in [0.05, 0.1) is 25.2 Å². The van der Waals surface area contributed by atoms with E-state index in [4.69, 9.17) is 18.5 Å². The topological polar surface area (TPSA) is 78.1 Å². The molecule has 0 spiro atoms. The monoisotopic (exact) mass is 548 g/mol. The quantitative estimate of drug-likeness (QED) is 0.0816. The van der Waals surface area contributed by atoms with Gasteiger partial charge in [0.1, 0.15) is 6.10 Å². The van der Waals surface area contributed by atoms with Crippen molar-refractivity contribution in [2.24, 2.45) is 0 Å². The fourth-order valence-corrected chi connectivity index (χ4v) is 5.88. The predicted molar refractivity (Wildman–Crippen MR) is 145 cm³/mol. The number of thiazole rings is 1. The molecular weight excluding hydrogens is 497 g/mol.